The van der Waals surface area contributed by atoms with Gasteiger partial charge >= 0.3 is 0 Å². The lowest BCUT2D eigenvalue weighted by Crippen LogP contribution is -2.14. The zero-order valence-corrected chi connectivity index (χ0v) is 24.1. The van der Waals surface area contributed by atoms with E-state index in [9.17, 15) is 19.2 Å². The Hall–Kier alpha value is -6.02. The summed E-state index contributed by atoms with van der Waals surface area (Å²) in [6.07, 6.45) is 10.8. The molecule has 5 rings (SSSR count). The van der Waals surface area contributed by atoms with Crippen LogP contribution in [0.4, 0.5) is 22.7 Å². The summed E-state index contributed by atoms with van der Waals surface area (Å²) >= 11 is 0. The van der Waals surface area contributed by atoms with Gasteiger partial charge in [0.2, 0.25) is 0 Å². The van der Waals surface area contributed by atoms with Crippen LogP contribution in [0.3, 0.4) is 0 Å². The average molecular weight is 585 g/mol. The molecule has 0 bridgehead atoms. The molecule has 8 nitrogen and oxygen atoms in total. The Balaban J connectivity index is 0.000000223. The summed E-state index contributed by atoms with van der Waals surface area (Å²) in [4.78, 5) is 47.0. The maximum Gasteiger partial charge on any atom is 0.255 e. The van der Waals surface area contributed by atoms with Gasteiger partial charge in [-0.25, -0.2) is 0 Å². The summed E-state index contributed by atoms with van der Waals surface area (Å²) in [6, 6.07) is 30.0. The molecule has 4 aromatic rings. The first-order valence-corrected chi connectivity index (χ1v) is 13.9. The smallest absolute Gasteiger partial charge is 0.255 e. The largest absolute Gasteiger partial charge is 0.388 e. The number of hydrogen-bond donors (Lipinski definition) is 4. The third-order valence-corrected chi connectivity index (χ3v) is 6.44. The van der Waals surface area contributed by atoms with Gasteiger partial charge in [-0.3, -0.25) is 19.2 Å². The molecule has 8 heteroatoms. The van der Waals surface area contributed by atoms with Crippen LogP contribution in [0.25, 0.3) is 0 Å². The van der Waals surface area contributed by atoms with Gasteiger partial charge < -0.3 is 21.3 Å². The monoisotopic (exact) mass is 584 g/mol. The molecule has 0 heterocycles. The number of benzene rings is 4. The highest BCUT2D eigenvalue weighted by atomic mass is 16.2. The van der Waals surface area contributed by atoms with E-state index in [0.717, 1.165) is 17.7 Å². The van der Waals surface area contributed by atoms with Gasteiger partial charge in [-0.05, 0) is 85.3 Å². The molecule has 0 radical (unpaired) electrons. The number of carbonyl (C=O) groups is 4. The number of amides is 3. The van der Waals surface area contributed by atoms with Gasteiger partial charge in [-0.1, -0.05) is 54.6 Å². The molecule has 0 spiro atoms. The van der Waals surface area contributed by atoms with E-state index in [-0.39, 0.29) is 17.7 Å². The summed E-state index contributed by atoms with van der Waals surface area (Å²) in [5.41, 5.74) is 5.29. The van der Waals surface area contributed by atoms with Gasteiger partial charge in [0.05, 0.1) is 0 Å². The summed E-state index contributed by atoms with van der Waals surface area (Å²) in [6.45, 7) is 0. The van der Waals surface area contributed by atoms with Crippen LogP contribution in [0.5, 0.6) is 0 Å². The summed E-state index contributed by atoms with van der Waals surface area (Å²) < 4.78 is 0. The van der Waals surface area contributed by atoms with Crippen molar-refractivity contribution in [1.82, 2.24) is 0 Å². The molecule has 0 aromatic heterocycles. The van der Waals surface area contributed by atoms with E-state index >= 15 is 0 Å². The van der Waals surface area contributed by atoms with Crippen molar-refractivity contribution >= 4 is 46.8 Å². The molecule has 44 heavy (non-hydrogen) atoms. The third kappa shape index (κ3) is 9.25. The van der Waals surface area contributed by atoms with Gasteiger partial charge in [0, 0.05) is 52.1 Å². The maximum atomic E-state index is 12.3. The highest BCUT2D eigenvalue weighted by Crippen LogP contribution is 2.17. The summed E-state index contributed by atoms with van der Waals surface area (Å²) in [5, 5.41) is 11.5. The standard InChI is InChI=1S/C22H18N2O3.C14H14N2O/c25-15-16-7-9-18(10-8-16)22(27)24-20-13-11-19(12-14-20)23-21(26)17-5-3-1-2-4-6-17;1-15-12-7-9-13(10-8-12)16-14(17)11-5-3-2-4-6-11/h1-3,5-15H,4H2,(H,23,26)(H,24,27);2-10,15H,1H3,(H,16,17). The Kier molecular flexibility index (Phi) is 11.1. The number of rotatable bonds is 8. The normalized spacial score (nSPS) is 11.5. The summed E-state index contributed by atoms with van der Waals surface area (Å²) in [7, 11) is 1.86. The van der Waals surface area contributed by atoms with Crippen molar-refractivity contribution in [2.75, 3.05) is 28.3 Å². The molecule has 4 aromatic carbocycles. The van der Waals surface area contributed by atoms with Gasteiger partial charge in [-0.15, -0.1) is 0 Å². The first-order valence-electron chi connectivity index (χ1n) is 13.9. The Morgan fingerprint density at radius 2 is 1.09 bits per heavy atom. The van der Waals surface area contributed by atoms with Crippen molar-refractivity contribution in [1.29, 1.82) is 0 Å². The zero-order chi connectivity index (χ0) is 31.1. The molecule has 0 fully saturated rings. The molecular weight excluding hydrogens is 552 g/mol. The topological polar surface area (TPSA) is 116 Å². The molecule has 4 N–H and O–H groups in total. The van der Waals surface area contributed by atoms with Gasteiger partial charge in [-0.2, -0.15) is 0 Å². The number of nitrogens with one attached hydrogen (secondary N) is 4. The Morgan fingerprint density at radius 3 is 1.61 bits per heavy atom. The number of allylic oxidation sites excluding steroid dienone is 4. The van der Waals surface area contributed by atoms with Crippen molar-refractivity contribution in [3.63, 3.8) is 0 Å². The second-order valence-corrected chi connectivity index (χ2v) is 9.56. The first kappa shape index (κ1) is 30.9. The minimum Gasteiger partial charge on any atom is -0.388 e. The number of aldehydes is 1. The Morgan fingerprint density at radius 1 is 0.591 bits per heavy atom. The van der Waals surface area contributed by atoms with E-state index < -0.39 is 0 Å². The molecule has 0 aliphatic heterocycles. The van der Waals surface area contributed by atoms with Crippen molar-refractivity contribution in [2.24, 2.45) is 0 Å². The lowest BCUT2D eigenvalue weighted by Gasteiger charge is -2.08. The molecule has 0 unspecified atom stereocenters. The predicted octanol–water partition coefficient (Wildman–Crippen LogP) is 7.11. The van der Waals surface area contributed by atoms with Crippen LogP contribution in [0, 0.1) is 0 Å². The zero-order valence-electron chi connectivity index (χ0n) is 24.1. The second kappa shape index (κ2) is 15.8. The van der Waals surface area contributed by atoms with Crippen LogP contribution in [0.2, 0.25) is 0 Å². The third-order valence-electron chi connectivity index (χ3n) is 6.44. The maximum absolute atomic E-state index is 12.3. The van der Waals surface area contributed by atoms with E-state index in [4.69, 9.17) is 0 Å². The molecular formula is C36H32N4O4. The minimum absolute atomic E-state index is 0.0946. The lowest BCUT2D eigenvalue weighted by atomic mass is 10.1. The second-order valence-electron chi connectivity index (χ2n) is 9.56. The highest BCUT2D eigenvalue weighted by Gasteiger charge is 2.09. The fourth-order valence-electron chi connectivity index (χ4n) is 4.02. The van der Waals surface area contributed by atoms with Crippen LogP contribution < -0.4 is 21.3 Å². The van der Waals surface area contributed by atoms with Crippen molar-refractivity contribution < 1.29 is 19.2 Å². The Labute approximate surface area is 256 Å². The minimum atomic E-state index is -0.273. The quantitative estimate of drug-likeness (QED) is 0.165. The molecule has 0 saturated heterocycles. The van der Waals surface area contributed by atoms with Gasteiger partial charge in [0.15, 0.2) is 0 Å². The van der Waals surface area contributed by atoms with E-state index in [1.54, 1.807) is 66.7 Å². The van der Waals surface area contributed by atoms with Crippen LogP contribution >= 0.6 is 0 Å². The van der Waals surface area contributed by atoms with E-state index in [1.807, 2.05) is 73.8 Å². The van der Waals surface area contributed by atoms with Gasteiger partial charge in [0.1, 0.15) is 6.29 Å². The number of hydrogen-bond acceptors (Lipinski definition) is 5. The molecule has 0 atom stereocenters. The van der Waals surface area contributed by atoms with Crippen molar-refractivity contribution in [2.45, 2.75) is 6.42 Å². The molecule has 220 valence electrons. The van der Waals surface area contributed by atoms with E-state index in [1.165, 1.54) is 0 Å². The van der Waals surface area contributed by atoms with Crippen LogP contribution in [-0.2, 0) is 4.79 Å². The Bertz CT molecular complexity index is 1670. The molecule has 1 aliphatic rings. The van der Waals surface area contributed by atoms with Crippen LogP contribution in [-0.4, -0.2) is 31.1 Å². The predicted molar refractivity (Wildman–Crippen MR) is 176 cm³/mol. The van der Waals surface area contributed by atoms with E-state index in [2.05, 4.69) is 21.3 Å². The molecule has 3 amide bonds. The first-order chi connectivity index (χ1) is 21.4. The highest BCUT2D eigenvalue weighted by molar-refractivity contribution is 6.07. The van der Waals surface area contributed by atoms with Crippen LogP contribution in [0.1, 0.15) is 37.5 Å². The van der Waals surface area contributed by atoms with Crippen molar-refractivity contribution in [3.05, 3.63) is 156 Å². The number of carbonyl (C=O) groups excluding carboxylic acids is 4. The average Bonchev–Trinajstić information content (AvgIpc) is 3.37. The van der Waals surface area contributed by atoms with Crippen LogP contribution in [0.15, 0.2) is 139 Å². The van der Waals surface area contributed by atoms with E-state index in [0.29, 0.717) is 40.1 Å². The molecule has 1 aliphatic carbocycles. The fourth-order valence-corrected chi connectivity index (χ4v) is 4.02. The SMILES string of the molecule is CNc1ccc(NC(=O)c2ccccc2)cc1.O=Cc1ccc(C(=O)Nc2ccc(NC(=O)C3=CCC=CC=C3)cc2)cc1. The van der Waals surface area contributed by atoms with Gasteiger partial charge in [0.25, 0.3) is 17.7 Å². The fraction of sp³-hybridized carbons (Fsp3) is 0.0556. The lowest BCUT2D eigenvalue weighted by molar-refractivity contribution is -0.112. The van der Waals surface area contributed by atoms with Crippen molar-refractivity contribution in [3.8, 4) is 0 Å². The number of anilines is 4. The molecule has 0 saturated carbocycles. The summed E-state index contributed by atoms with van der Waals surface area (Å²) in [5.74, 6) is -0.546.